The summed E-state index contributed by atoms with van der Waals surface area (Å²) in [5.41, 5.74) is 3.76. The molecule has 0 aliphatic heterocycles. The van der Waals surface area contributed by atoms with E-state index in [2.05, 4.69) is 32.0 Å². The van der Waals surface area contributed by atoms with Crippen LogP contribution in [0.1, 0.15) is 17.0 Å². The number of para-hydroxylation sites is 2. The molecule has 0 unspecified atom stereocenters. The number of nitrogens with zero attached hydrogens (tertiary/aromatic N) is 3. The van der Waals surface area contributed by atoms with Gasteiger partial charge in [-0.1, -0.05) is 18.2 Å². The lowest BCUT2D eigenvalue weighted by atomic mass is 10.1. The zero-order valence-corrected chi connectivity index (χ0v) is 17.7. The van der Waals surface area contributed by atoms with Crippen molar-refractivity contribution in [2.75, 3.05) is 0 Å². The highest BCUT2D eigenvalue weighted by Gasteiger charge is 2.09. The van der Waals surface area contributed by atoms with E-state index >= 15 is 0 Å². The molecule has 3 aromatic carbocycles. The van der Waals surface area contributed by atoms with Crippen molar-refractivity contribution in [2.45, 2.75) is 6.61 Å². The fourth-order valence-electron chi connectivity index (χ4n) is 3.00. The summed E-state index contributed by atoms with van der Waals surface area (Å²) in [4.78, 5) is 17.9. The second-order valence-corrected chi connectivity index (χ2v) is 7.53. The molecule has 31 heavy (non-hydrogen) atoms. The third-order valence-corrected chi connectivity index (χ3v) is 5.19. The Morgan fingerprint density at radius 3 is 2.65 bits per heavy atom. The van der Waals surface area contributed by atoms with Gasteiger partial charge in [0.2, 0.25) is 0 Å². The van der Waals surface area contributed by atoms with Gasteiger partial charge in [-0.25, -0.2) is 4.98 Å². The molecule has 1 aromatic heterocycles. The molecule has 0 aliphatic rings. The molecule has 152 valence electrons. The van der Waals surface area contributed by atoms with Gasteiger partial charge >= 0.3 is 0 Å². The molecule has 0 saturated heterocycles. The second-order valence-electron chi connectivity index (χ2n) is 6.67. The van der Waals surface area contributed by atoms with Crippen LogP contribution in [-0.2, 0) is 6.61 Å². The molecule has 0 spiro atoms. The normalized spacial score (nSPS) is 11.3. The third kappa shape index (κ3) is 4.63. The SMILES string of the molecule is N#C/C(=C\c1ccc(OCc2ccc([N+](=O)[O-])cc2)c(Br)c1)c1nc2ccccc2[nH]1. The zero-order chi connectivity index (χ0) is 21.8. The van der Waals surface area contributed by atoms with Crippen molar-refractivity contribution in [1.29, 1.82) is 5.26 Å². The minimum atomic E-state index is -0.436. The molecule has 8 heteroatoms. The number of halogens is 1. The number of ether oxygens (including phenoxy) is 1. The Hall–Kier alpha value is -3.96. The van der Waals surface area contributed by atoms with Gasteiger partial charge in [-0.15, -0.1) is 0 Å². The van der Waals surface area contributed by atoms with Gasteiger partial charge in [0.05, 0.1) is 26.0 Å². The molecule has 0 saturated carbocycles. The summed E-state index contributed by atoms with van der Waals surface area (Å²) in [5.74, 6) is 1.14. The zero-order valence-electron chi connectivity index (χ0n) is 16.1. The van der Waals surface area contributed by atoms with E-state index in [9.17, 15) is 15.4 Å². The van der Waals surface area contributed by atoms with Crippen LogP contribution in [0.2, 0.25) is 0 Å². The minimum Gasteiger partial charge on any atom is -0.488 e. The van der Waals surface area contributed by atoms with E-state index in [4.69, 9.17) is 4.74 Å². The number of allylic oxidation sites excluding steroid dienone is 1. The van der Waals surface area contributed by atoms with Crippen LogP contribution in [0.5, 0.6) is 5.75 Å². The average Bonchev–Trinajstić information content (AvgIpc) is 3.21. The number of H-pyrrole nitrogens is 1. The first-order valence-electron chi connectivity index (χ1n) is 9.26. The van der Waals surface area contributed by atoms with Crippen molar-refractivity contribution in [2.24, 2.45) is 0 Å². The highest BCUT2D eigenvalue weighted by molar-refractivity contribution is 9.10. The number of nitro groups is 1. The van der Waals surface area contributed by atoms with E-state index in [0.717, 1.165) is 26.6 Å². The van der Waals surface area contributed by atoms with Gasteiger partial charge < -0.3 is 9.72 Å². The summed E-state index contributed by atoms with van der Waals surface area (Å²) in [7, 11) is 0. The van der Waals surface area contributed by atoms with Crippen molar-refractivity contribution in [1.82, 2.24) is 9.97 Å². The number of hydrogen-bond acceptors (Lipinski definition) is 5. The molecule has 0 bridgehead atoms. The Balaban J connectivity index is 1.50. The topological polar surface area (TPSA) is 105 Å². The fraction of sp³-hybridized carbons (Fsp3) is 0.0435. The Kier molecular flexibility index (Phi) is 5.78. The first-order valence-corrected chi connectivity index (χ1v) is 10.1. The number of aromatic amines is 1. The van der Waals surface area contributed by atoms with Gasteiger partial charge in [0.1, 0.15) is 24.3 Å². The number of nitrogens with one attached hydrogen (secondary N) is 1. The number of nitriles is 1. The third-order valence-electron chi connectivity index (χ3n) is 4.57. The Morgan fingerprint density at radius 2 is 1.97 bits per heavy atom. The average molecular weight is 475 g/mol. The lowest BCUT2D eigenvalue weighted by molar-refractivity contribution is -0.384. The van der Waals surface area contributed by atoms with Gasteiger partial charge in [-0.2, -0.15) is 5.26 Å². The van der Waals surface area contributed by atoms with Crippen LogP contribution in [0, 0.1) is 21.4 Å². The highest BCUT2D eigenvalue weighted by Crippen LogP contribution is 2.29. The van der Waals surface area contributed by atoms with Crippen molar-refractivity contribution < 1.29 is 9.66 Å². The van der Waals surface area contributed by atoms with Crippen LogP contribution in [-0.4, -0.2) is 14.9 Å². The summed E-state index contributed by atoms with van der Waals surface area (Å²) in [6.45, 7) is 0.272. The summed E-state index contributed by atoms with van der Waals surface area (Å²) in [5, 5.41) is 20.3. The van der Waals surface area contributed by atoms with Crippen LogP contribution in [0.4, 0.5) is 5.69 Å². The van der Waals surface area contributed by atoms with Crippen LogP contribution in [0.15, 0.2) is 71.2 Å². The number of non-ortho nitro benzene ring substituents is 1. The molecule has 1 N–H and O–H groups in total. The van der Waals surface area contributed by atoms with E-state index in [1.54, 1.807) is 24.3 Å². The van der Waals surface area contributed by atoms with E-state index in [1.807, 2.05) is 36.4 Å². The van der Waals surface area contributed by atoms with Gasteiger partial charge in [0.15, 0.2) is 0 Å². The monoisotopic (exact) mass is 474 g/mol. The molecule has 4 aromatic rings. The van der Waals surface area contributed by atoms with Crippen LogP contribution in [0.3, 0.4) is 0 Å². The molecule has 0 radical (unpaired) electrons. The Labute approximate surface area is 185 Å². The van der Waals surface area contributed by atoms with E-state index < -0.39 is 4.92 Å². The van der Waals surface area contributed by atoms with Gasteiger partial charge in [-0.05, 0) is 69.5 Å². The van der Waals surface area contributed by atoms with Gasteiger partial charge in [0.25, 0.3) is 5.69 Å². The predicted molar refractivity (Wildman–Crippen MR) is 121 cm³/mol. The molecule has 0 fully saturated rings. The molecule has 1 heterocycles. The number of nitro benzene ring substituents is 1. The Bertz CT molecular complexity index is 1300. The smallest absolute Gasteiger partial charge is 0.269 e. The largest absolute Gasteiger partial charge is 0.488 e. The number of fused-ring (bicyclic) bond motifs is 1. The number of imidazole rings is 1. The molecule has 7 nitrogen and oxygen atoms in total. The lowest BCUT2D eigenvalue weighted by Gasteiger charge is -2.09. The maximum absolute atomic E-state index is 10.7. The first kappa shape index (κ1) is 20.3. The Morgan fingerprint density at radius 1 is 1.19 bits per heavy atom. The summed E-state index contributed by atoms with van der Waals surface area (Å²) < 4.78 is 6.54. The van der Waals surface area contributed by atoms with Crippen LogP contribution < -0.4 is 4.74 Å². The predicted octanol–water partition coefficient (Wildman–Crippen LogP) is 5.88. The van der Waals surface area contributed by atoms with Crippen molar-refractivity contribution >= 4 is 44.3 Å². The van der Waals surface area contributed by atoms with Gasteiger partial charge in [0, 0.05) is 12.1 Å². The summed E-state index contributed by atoms with van der Waals surface area (Å²) >= 11 is 3.50. The van der Waals surface area contributed by atoms with E-state index in [0.29, 0.717) is 17.1 Å². The second kappa shape index (κ2) is 8.81. The molecule has 0 amide bonds. The number of hydrogen-bond donors (Lipinski definition) is 1. The highest BCUT2D eigenvalue weighted by atomic mass is 79.9. The lowest BCUT2D eigenvalue weighted by Crippen LogP contribution is -1.97. The number of benzene rings is 3. The van der Waals surface area contributed by atoms with Crippen molar-refractivity contribution in [3.63, 3.8) is 0 Å². The van der Waals surface area contributed by atoms with E-state index in [1.165, 1.54) is 12.1 Å². The van der Waals surface area contributed by atoms with Crippen LogP contribution in [0.25, 0.3) is 22.7 Å². The first-order chi connectivity index (χ1) is 15.0. The fourth-order valence-corrected chi connectivity index (χ4v) is 3.51. The molecule has 0 atom stereocenters. The number of rotatable bonds is 6. The molecule has 4 rings (SSSR count). The molecule has 0 aliphatic carbocycles. The van der Waals surface area contributed by atoms with E-state index in [-0.39, 0.29) is 12.3 Å². The van der Waals surface area contributed by atoms with Crippen LogP contribution >= 0.6 is 15.9 Å². The minimum absolute atomic E-state index is 0.0406. The van der Waals surface area contributed by atoms with Crippen molar-refractivity contribution in [3.05, 3.63) is 98.3 Å². The molecular formula is C23H15BrN4O3. The summed E-state index contributed by atoms with van der Waals surface area (Å²) in [6, 6.07) is 21.5. The molecular weight excluding hydrogens is 460 g/mol. The quantitative estimate of drug-likeness (QED) is 0.213. The number of aromatic nitrogens is 2. The maximum Gasteiger partial charge on any atom is 0.269 e. The summed E-state index contributed by atoms with van der Waals surface area (Å²) in [6.07, 6.45) is 1.75. The van der Waals surface area contributed by atoms with Crippen molar-refractivity contribution in [3.8, 4) is 11.8 Å². The van der Waals surface area contributed by atoms with Gasteiger partial charge in [-0.3, -0.25) is 10.1 Å². The standard InChI is InChI=1S/C23H15BrN4O3/c24-19-12-16(11-17(13-25)23-26-20-3-1-2-4-21(20)27-23)7-10-22(19)31-14-15-5-8-18(9-6-15)28(29)30/h1-12H,14H2,(H,26,27)/b17-11+. The maximum atomic E-state index is 10.7.